The van der Waals surface area contributed by atoms with Crippen LogP contribution < -0.4 is 0 Å². The standard InChI is InChI=1S/C12H12F3NO4/c13-12(14,15)11(20-10(17)18)4-6-19-9(7-11)8-3-1-2-5-16-8/h1-3,5,9H,4,6-7H2,(H,17,18). The summed E-state index contributed by atoms with van der Waals surface area (Å²) in [5.74, 6) is 0. The molecule has 0 saturated carbocycles. The third kappa shape index (κ3) is 2.84. The molecule has 20 heavy (non-hydrogen) atoms. The van der Waals surface area contributed by atoms with Crippen LogP contribution in [-0.4, -0.2) is 34.6 Å². The van der Waals surface area contributed by atoms with Crippen LogP contribution in [0.15, 0.2) is 24.4 Å². The summed E-state index contributed by atoms with van der Waals surface area (Å²) in [7, 11) is 0. The van der Waals surface area contributed by atoms with E-state index in [1.807, 2.05) is 0 Å². The molecular weight excluding hydrogens is 279 g/mol. The summed E-state index contributed by atoms with van der Waals surface area (Å²) in [6.07, 6.45) is -7.48. The molecule has 1 N–H and O–H groups in total. The lowest BCUT2D eigenvalue weighted by molar-refractivity contribution is -0.290. The van der Waals surface area contributed by atoms with Gasteiger partial charge in [0.05, 0.1) is 12.3 Å². The van der Waals surface area contributed by atoms with Crippen LogP contribution in [0.1, 0.15) is 24.6 Å². The van der Waals surface area contributed by atoms with Gasteiger partial charge in [-0.3, -0.25) is 4.98 Å². The fourth-order valence-electron chi connectivity index (χ4n) is 2.16. The number of hydrogen-bond donors (Lipinski definition) is 1. The third-order valence-electron chi connectivity index (χ3n) is 3.16. The second-order valence-corrected chi connectivity index (χ2v) is 4.43. The average molecular weight is 291 g/mol. The first-order valence-electron chi connectivity index (χ1n) is 5.85. The van der Waals surface area contributed by atoms with Crippen LogP contribution in [0.4, 0.5) is 18.0 Å². The zero-order valence-electron chi connectivity index (χ0n) is 10.3. The van der Waals surface area contributed by atoms with Crippen molar-refractivity contribution in [2.24, 2.45) is 0 Å². The molecule has 2 rings (SSSR count). The number of halogens is 3. The van der Waals surface area contributed by atoms with Crippen molar-refractivity contribution < 1.29 is 32.5 Å². The van der Waals surface area contributed by atoms with Gasteiger partial charge in [-0.1, -0.05) is 6.07 Å². The first-order chi connectivity index (χ1) is 9.34. The van der Waals surface area contributed by atoms with E-state index in [0.29, 0.717) is 5.69 Å². The van der Waals surface area contributed by atoms with E-state index in [2.05, 4.69) is 9.72 Å². The van der Waals surface area contributed by atoms with Gasteiger partial charge in [0.1, 0.15) is 6.10 Å². The molecule has 0 spiro atoms. The number of carboxylic acid groups (broad SMARTS) is 1. The zero-order chi connectivity index (χ0) is 14.8. The molecule has 8 heteroatoms. The minimum absolute atomic E-state index is 0.256. The van der Waals surface area contributed by atoms with E-state index in [0.717, 1.165) is 0 Å². The maximum Gasteiger partial charge on any atom is 0.506 e. The molecule has 5 nitrogen and oxygen atoms in total. The van der Waals surface area contributed by atoms with Crippen molar-refractivity contribution in [1.29, 1.82) is 0 Å². The summed E-state index contributed by atoms with van der Waals surface area (Å²) in [4.78, 5) is 14.5. The van der Waals surface area contributed by atoms with Gasteiger partial charge in [-0.2, -0.15) is 13.2 Å². The second kappa shape index (κ2) is 5.28. The fourth-order valence-corrected chi connectivity index (χ4v) is 2.16. The van der Waals surface area contributed by atoms with E-state index >= 15 is 0 Å². The maximum absolute atomic E-state index is 13.2. The lowest BCUT2D eigenvalue weighted by Crippen LogP contribution is -2.53. The molecule has 1 aromatic heterocycles. The number of nitrogens with zero attached hydrogens (tertiary/aromatic N) is 1. The molecular formula is C12H12F3NO4. The summed E-state index contributed by atoms with van der Waals surface area (Å²) in [5.41, 5.74) is -2.44. The van der Waals surface area contributed by atoms with Crippen molar-refractivity contribution >= 4 is 6.16 Å². The Kier molecular flexibility index (Phi) is 3.85. The van der Waals surface area contributed by atoms with Crippen LogP contribution in [0.3, 0.4) is 0 Å². The van der Waals surface area contributed by atoms with Gasteiger partial charge in [0.15, 0.2) is 0 Å². The van der Waals surface area contributed by atoms with Crippen molar-refractivity contribution in [2.45, 2.75) is 30.7 Å². The highest BCUT2D eigenvalue weighted by atomic mass is 19.4. The average Bonchev–Trinajstić information content (AvgIpc) is 2.38. The highest BCUT2D eigenvalue weighted by Gasteiger charge is 2.60. The Balaban J connectivity index is 2.28. The number of ether oxygens (including phenoxy) is 2. The minimum Gasteiger partial charge on any atom is -0.450 e. The Morgan fingerprint density at radius 1 is 1.50 bits per heavy atom. The molecule has 2 heterocycles. The smallest absolute Gasteiger partial charge is 0.450 e. The SMILES string of the molecule is O=C(O)OC1(C(F)(F)F)CCOC(c2ccccn2)C1. The summed E-state index contributed by atoms with van der Waals surface area (Å²) in [5, 5.41) is 8.57. The molecule has 0 radical (unpaired) electrons. The Hall–Kier alpha value is -1.83. The first kappa shape index (κ1) is 14.6. The number of pyridine rings is 1. The van der Waals surface area contributed by atoms with Crippen LogP contribution >= 0.6 is 0 Å². The van der Waals surface area contributed by atoms with Gasteiger partial charge in [0.2, 0.25) is 5.60 Å². The van der Waals surface area contributed by atoms with Gasteiger partial charge in [0.25, 0.3) is 0 Å². The van der Waals surface area contributed by atoms with Gasteiger partial charge in [-0.15, -0.1) is 0 Å². The summed E-state index contributed by atoms with van der Waals surface area (Å²) in [6, 6.07) is 4.77. The van der Waals surface area contributed by atoms with Crippen molar-refractivity contribution in [3.05, 3.63) is 30.1 Å². The number of alkyl halides is 3. The fraction of sp³-hybridized carbons (Fsp3) is 0.500. The van der Waals surface area contributed by atoms with Crippen LogP contribution in [0.2, 0.25) is 0 Å². The van der Waals surface area contributed by atoms with E-state index < -0.39 is 36.9 Å². The quantitative estimate of drug-likeness (QED) is 0.848. The minimum atomic E-state index is -4.80. The molecule has 1 aliphatic rings. The second-order valence-electron chi connectivity index (χ2n) is 4.43. The number of hydrogen-bond acceptors (Lipinski definition) is 4. The Labute approximate surface area is 112 Å². The van der Waals surface area contributed by atoms with Gasteiger partial charge < -0.3 is 14.6 Å². The third-order valence-corrected chi connectivity index (χ3v) is 3.16. The molecule has 0 aromatic carbocycles. The van der Waals surface area contributed by atoms with Gasteiger partial charge in [-0.05, 0) is 12.1 Å². The van der Waals surface area contributed by atoms with Crippen LogP contribution in [-0.2, 0) is 9.47 Å². The van der Waals surface area contributed by atoms with Crippen LogP contribution in [0.5, 0.6) is 0 Å². The van der Waals surface area contributed by atoms with Crippen LogP contribution in [0.25, 0.3) is 0 Å². The topological polar surface area (TPSA) is 68.7 Å². The van der Waals surface area contributed by atoms with Crippen LogP contribution in [0, 0.1) is 0 Å². The van der Waals surface area contributed by atoms with E-state index in [1.165, 1.54) is 12.3 Å². The lowest BCUT2D eigenvalue weighted by atomic mass is 9.88. The zero-order valence-corrected chi connectivity index (χ0v) is 10.3. The molecule has 1 aliphatic heterocycles. The molecule has 0 bridgehead atoms. The molecule has 110 valence electrons. The summed E-state index contributed by atoms with van der Waals surface area (Å²) in [6.45, 7) is -0.256. The van der Waals surface area contributed by atoms with E-state index in [4.69, 9.17) is 9.84 Å². The molecule has 0 aliphatic carbocycles. The number of rotatable bonds is 2. The number of carbonyl (C=O) groups is 1. The van der Waals surface area contributed by atoms with E-state index in [-0.39, 0.29) is 6.61 Å². The van der Waals surface area contributed by atoms with Gasteiger partial charge >= 0.3 is 12.3 Å². The van der Waals surface area contributed by atoms with Crippen molar-refractivity contribution in [3.63, 3.8) is 0 Å². The largest absolute Gasteiger partial charge is 0.506 e. The monoisotopic (exact) mass is 291 g/mol. The first-order valence-corrected chi connectivity index (χ1v) is 5.85. The summed E-state index contributed by atoms with van der Waals surface area (Å²) >= 11 is 0. The molecule has 1 fully saturated rings. The van der Waals surface area contributed by atoms with Crippen molar-refractivity contribution in [2.75, 3.05) is 6.61 Å². The molecule has 1 aromatic rings. The highest BCUT2D eigenvalue weighted by Crippen LogP contribution is 2.46. The molecule has 2 unspecified atom stereocenters. The molecule has 1 saturated heterocycles. The molecule has 2 atom stereocenters. The van der Waals surface area contributed by atoms with Crippen molar-refractivity contribution in [3.8, 4) is 0 Å². The van der Waals surface area contributed by atoms with E-state index in [1.54, 1.807) is 12.1 Å². The normalized spacial score (nSPS) is 27.1. The maximum atomic E-state index is 13.2. The predicted molar refractivity (Wildman–Crippen MR) is 60.1 cm³/mol. The summed E-state index contributed by atoms with van der Waals surface area (Å²) < 4.78 is 49.0. The molecule has 0 amide bonds. The van der Waals surface area contributed by atoms with E-state index in [9.17, 15) is 18.0 Å². The van der Waals surface area contributed by atoms with Crippen molar-refractivity contribution in [1.82, 2.24) is 4.98 Å². The Bertz CT molecular complexity index is 479. The predicted octanol–water partition coefficient (Wildman–Crippen LogP) is 2.93. The Morgan fingerprint density at radius 3 is 2.80 bits per heavy atom. The highest BCUT2D eigenvalue weighted by molar-refractivity contribution is 5.57. The Morgan fingerprint density at radius 2 is 2.25 bits per heavy atom. The van der Waals surface area contributed by atoms with Gasteiger partial charge in [-0.25, -0.2) is 4.79 Å². The number of aromatic nitrogens is 1. The lowest BCUT2D eigenvalue weighted by Gasteiger charge is -2.40. The van der Waals surface area contributed by atoms with Gasteiger partial charge in [0, 0.05) is 19.0 Å².